The molecule has 116 valence electrons. The molecule has 1 unspecified atom stereocenters. The number of rotatable bonds is 3. The van der Waals surface area contributed by atoms with E-state index in [0.29, 0.717) is 5.92 Å². The van der Waals surface area contributed by atoms with Crippen molar-refractivity contribution in [3.63, 3.8) is 0 Å². The SMILES string of the molecule is CC(C(=O)O)C1CCC(c2ccnc3ccc(F)cc23)CC1. The van der Waals surface area contributed by atoms with Gasteiger partial charge in [0.2, 0.25) is 0 Å². The van der Waals surface area contributed by atoms with Crippen LogP contribution in [0.15, 0.2) is 30.5 Å². The molecule has 1 aliphatic carbocycles. The van der Waals surface area contributed by atoms with Gasteiger partial charge in [-0.3, -0.25) is 9.78 Å². The molecule has 1 aromatic carbocycles. The third-order valence-corrected chi connectivity index (χ3v) is 5.05. The Bertz CT molecular complexity index is 693. The van der Waals surface area contributed by atoms with Gasteiger partial charge in [0.15, 0.2) is 0 Å². The number of nitrogens with zero attached hydrogens (tertiary/aromatic N) is 1. The Morgan fingerprint density at radius 2 is 2.00 bits per heavy atom. The highest BCUT2D eigenvalue weighted by atomic mass is 19.1. The van der Waals surface area contributed by atoms with Gasteiger partial charge in [-0.1, -0.05) is 6.92 Å². The summed E-state index contributed by atoms with van der Waals surface area (Å²) >= 11 is 0. The lowest BCUT2D eigenvalue weighted by molar-refractivity contribution is -0.143. The van der Waals surface area contributed by atoms with E-state index >= 15 is 0 Å². The molecule has 22 heavy (non-hydrogen) atoms. The standard InChI is InChI=1S/C18H20FNO2/c1-11(18(21)22)12-2-4-13(5-3-12)15-8-9-20-17-7-6-14(19)10-16(15)17/h6-13H,2-5H2,1H3,(H,21,22). The number of carbonyl (C=O) groups is 1. The van der Waals surface area contributed by atoms with Gasteiger partial charge in [0.05, 0.1) is 11.4 Å². The fraction of sp³-hybridized carbons (Fsp3) is 0.444. The highest BCUT2D eigenvalue weighted by Gasteiger charge is 2.30. The number of pyridine rings is 1. The molecule has 1 aliphatic rings. The van der Waals surface area contributed by atoms with E-state index in [9.17, 15) is 9.18 Å². The van der Waals surface area contributed by atoms with Crippen molar-refractivity contribution >= 4 is 16.9 Å². The van der Waals surface area contributed by atoms with Crippen molar-refractivity contribution in [3.05, 3.63) is 41.8 Å². The smallest absolute Gasteiger partial charge is 0.306 e. The molecule has 0 saturated heterocycles. The van der Waals surface area contributed by atoms with E-state index in [1.165, 1.54) is 6.07 Å². The molecule has 1 saturated carbocycles. The summed E-state index contributed by atoms with van der Waals surface area (Å²) in [6.07, 6.45) is 5.52. The number of carboxylic acid groups (broad SMARTS) is 1. The molecule has 1 heterocycles. The number of fused-ring (bicyclic) bond motifs is 1. The molecular formula is C18H20FNO2. The van der Waals surface area contributed by atoms with Crippen LogP contribution in [0.1, 0.15) is 44.1 Å². The Kier molecular flexibility index (Phi) is 4.10. The number of aromatic nitrogens is 1. The van der Waals surface area contributed by atoms with E-state index < -0.39 is 5.97 Å². The molecule has 1 N–H and O–H groups in total. The monoisotopic (exact) mass is 301 g/mol. The van der Waals surface area contributed by atoms with Gasteiger partial charge in [-0.2, -0.15) is 0 Å². The van der Waals surface area contributed by atoms with Crippen molar-refractivity contribution < 1.29 is 14.3 Å². The Morgan fingerprint density at radius 1 is 1.27 bits per heavy atom. The zero-order valence-corrected chi connectivity index (χ0v) is 12.6. The third kappa shape index (κ3) is 2.82. The first-order valence-corrected chi connectivity index (χ1v) is 7.83. The van der Waals surface area contributed by atoms with Gasteiger partial charge in [-0.05, 0) is 67.3 Å². The highest BCUT2D eigenvalue weighted by Crippen LogP contribution is 2.40. The fourth-order valence-corrected chi connectivity index (χ4v) is 3.63. The topological polar surface area (TPSA) is 50.2 Å². The van der Waals surface area contributed by atoms with Gasteiger partial charge in [0.25, 0.3) is 0 Å². The zero-order valence-electron chi connectivity index (χ0n) is 12.6. The van der Waals surface area contributed by atoms with Crippen LogP contribution in [0.25, 0.3) is 10.9 Å². The lowest BCUT2D eigenvalue weighted by Gasteiger charge is -2.31. The number of hydrogen-bond acceptors (Lipinski definition) is 2. The highest BCUT2D eigenvalue weighted by molar-refractivity contribution is 5.82. The van der Waals surface area contributed by atoms with Crippen LogP contribution in [-0.2, 0) is 4.79 Å². The average molecular weight is 301 g/mol. The second-order valence-corrected chi connectivity index (χ2v) is 6.30. The van der Waals surface area contributed by atoms with Crippen LogP contribution in [0.3, 0.4) is 0 Å². The van der Waals surface area contributed by atoms with Crippen molar-refractivity contribution in [1.29, 1.82) is 0 Å². The summed E-state index contributed by atoms with van der Waals surface area (Å²) in [7, 11) is 0. The summed E-state index contributed by atoms with van der Waals surface area (Å²) < 4.78 is 13.5. The van der Waals surface area contributed by atoms with E-state index in [0.717, 1.165) is 42.1 Å². The van der Waals surface area contributed by atoms with Crippen molar-refractivity contribution in [2.24, 2.45) is 11.8 Å². The molecule has 1 fully saturated rings. The summed E-state index contributed by atoms with van der Waals surface area (Å²) in [6.45, 7) is 1.80. The summed E-state index contributed by atoms with van der Waals surface area (Å²) in [6, 6.07) is 6.69. The molecule has 3 rings (SSSR count). The number of aliphatic carboxylic acids is 1. The van der Waals surface area contributed by atoms with Gasteiger partial charge in [-0.15, -0.1) is 0 Å². The summed E-state index contributed by atoms with van der Waals surface area (Å²) in [5.41, 5.74) is 1.96. The maximum absolute atomic E-state index is 13.5. The van der Waals surface area contributed by atoms with Gasteiger partial charge >= 0.3 is 5.97 Å². The normalized spacial score (nSPS) is 23.4. The molecule has 0 amide bonds. The third-order valence-electron chi connectivity index (χ3n) is 5.05. The predicted octanol–water partition coefficient (Wildman–Crippen LogP) is 4.37. The first-order chi connectivity index (χ1) is 10.6. The minimum absolute atomic E-state index is 0.241. The maximum Gasteiger partial charge on any atom is 0.306 e. The van der Waals surface area contributed by atoms with Crippen molar-refractivity contribution in [2.75, 3.05) is 0 Å². The number of carboxylic acids is 1. The first-order valence-electron chi connectivity index (χ1n) is 7.83. The molecule has 0 radical (unpaired) electrons. The molecule has 2 aromatic rings. The zero-order chi connectivity index (χ0) is 15.7. The van der Waals surface area contributed by atoms with Crippen LogP contribution < -0.4 is 0 Å². The Morgan fingerprint density at radius 3 is 2.68 bits per heavy atom. The second kappa shape index (κ2) is 6.03. The van der Waals surface area contributed by atoms with Crippen LogP contribution in [-0.4, -0.2) is 16.1 Å². The van der Waals surface area contributed by atoms with E-state index in [1.807, 2.05) is 6.07 Å². The summed E-state index contributed by atoms with van der Waals surface area (Å²) in [5.74, 6) is -0.620. The van der Waals surface area contributed by atoms with Crippen LogP contribution in [0.5, 0.6) is 0 Å². The average Bonchev–Trinajstić information content (AvgIpc) is 2.53. The minimum Gasteiger partial charge on any atom is -0.481 e. The molecular weight excluding hydrogens is 281 g/mol. The first kappa shape index (κ1) is 14.9. The minimum atomic E-state index is -0.708. The number of hydrogen-bond donors (Lipinski definition) is 1. The summed E-state index contributed by atoms with van der Waals surface area (Å²) in [5, 5.41) is 10.0. The number of benzene rings is 1. The molecule has 1 aromatic heterocycles. The predicted molar refractivity (Wildman–Crippen MR) is 83.2 cm³/mol. The molecule has 1 atom stereocenters. The largest absolute Gasteiger partial charge is 0.481 e. The molecule has 0 spiro atoms. The van der Waals surface area contributed by atoms with Crippen LogP contribution in [0.4, 0.5) is 4.39 Å². The molecule has 0 bridgehead atoms. The fourth-order valence-electron chi connectivity index (χ4n) is 3.63. The Balaban J connectivity index is 1.82. The van der Waals surface area contributed by atoms with E-state index in [4.69, 9.17) is 5.11 Å². The lowest BCUT2D eigenvalue weighted by atomic mass is 9.74. The van der Waals surface area contributed by atoms with Gasteiger partial charge in [-0.25, -0.2) is 4.39 Å². The van der Waals surface area contributed by atoms with Gasteiger partial charge < -0.3 is 5.11 Å². The van der Waals surface area contributed by atoms with Gasteiger partial charge in [0.1, 0.15) is 5.82 Å². The van der Waals surface area contributed by atoms with Gasteiger partial charge in [0, 0.05) is 11.6 Å². The lowest BCUT2D eigenvalue weighted by Crippen LogP contribution is -2.25. The van der Waals surface area contributed by atoms with E-state index in [1.54, 1.807) is 25.3 Å². The number of halogens is 1. The van der Waals surface area contributed by atoms with E-state index in [2.05, 4.69) is 4.98 Å². The van der Waals surface area contributed by atoms with E-state index in [-0.39, 0.29) is 17.7 Å². The molecule has 4 heteroatoms. The maximum atomic E-state index is 13.5. The van der Waals surface area contributed by atoms with Crippen LogP contribution in [0.2, 0.25) is 0 Å². The molecule has 3 nitrogen and oxygen atoms in total. The second-order valence-electron chi connectivity index (χ2n) is 6.30. The Hall–Kier alpha value is -1.97. The quantitative estimate of drug-likeness (QED) is 0.916. The van der Waals surface area contributed by atoms with Crippen molar-refractivity contribution in [1.82, 2.24) is 4.98 Å². The van der Waals surface area contributed by atoms with Crippen molar-refractivity contribution in [2.45, 2.75) is 38.5 Å². The Labute approximate surface area is 129 Å². The summed E-state index contributed by atoms with van der Waals surface area (Å²) in [4.78, 5) is 15.4. The van der Waals surface area contributed by atoms with Crippen LogP contribution >= 0.6 is 0 Å². The molecule has 0 aliphatic heterocycles. The van der Waals surface area contributed by atoms with Crippen LogP contribution in [0, 0.1) is 17.7 Å². The van der Waals surface area contributed by atoms with Crippen molar-refractivity contribution in [3.8, 4) is 0 Å².